The molecule has 74 valence electrons. The Morgan fingerprint density at radius 1 is 1.31 bits per heavy atom. The Labute approximate surface area is 78.2 Å². The zero-order valence-electron chi connectivity index (χ0n) is 7.78. The molecule has 0 spiro atoms. The Bertz CT molecular complexity index is 215. The van der Waals surface area contributed by atoms with Crippen molar-refractivity contribution in [1.29, 1.82) is 0 Å². The predicted octanol–water partition coefficient (Wildman–Crippen LogP) is -0.717. The van der Waals surface area contributed by atoms with E-state index in [0.29, 0.717) is 6.04 Å². The van der Waals surface area contributed by atoms with Crippen LogP contribution >= 0.6 is 0 Å². The van der Waals surface area contributed by atoms with Crippen molar-refractivity contribution in [2.24, 2.45) is 17.4 Å². The van der Waals surface area contributed by atoms with E-state index in [9.17, 15) is 4.79 Å². The van der Waals surface area contributed by atoms with Gasteiger partial charge in [0.1, 0.15) is 0 Å². The van der Waals surface area contributed by atoms with Crippen LogP contribution in [0.15, 0.2) is 0 Å². The number of piperidine rings is 1. The third-order valence-corrected chi connectivity index (χ3v) is 3.13. The fourth-order valence-electron chi connectivity index (χ4n) is 2.07. The number of likely N-dealkylation sites (tertiary alicyclic amines) is 1. The summed E-state index contributed by atoms with van der Waals surface area (Å²) >= 11 is 0. The molecule has 1 aliphatic heterocycles. The Balaban J connectivity index is 1.96. The third-order valence-electron chi connectivity index (χ3n) is 3.13. The van der Waals surface area contributed by atoms with Crippen LogP contribution in [-0.4, -0.2) is 36.0 Å². The molecule has 1 saturated heterocycles. The SMILES string of the molecule is NC(=O)C1CN(C2CC2)CCC1N. The molecule has 2 atom stereocenters. The van der Waals surface area contributed by atoms with E-state index in [4.69, 9.17) is 11.5 Å². The number of hydrogen-bond donors (Lipinski definition) is 2. The van der Waals surface area contributed by atoms with Crippen LogP contribution in [0, 0.1) is 5.92 Å². The molecular weight excluding hydrogens is 166 g/mol. The molecule has 2 fully saturated rings. The molecule has 0 bridgehead atoms. The van der Waals surface area contributed by atoms with Crippen molar-refractivity contribution in [2.75, 3.05) is 13.1 Å². The number of amides is 1. The lowest BCUT2D eigenvalue weighted by Gasteiger charge is -2.35. The second kappa shape index (κ2) is 3.27. The standard InChI is InChI=1S/C9H17N3O/c10-8-3-4-12(6-1-2-6)5-7(8)9(11)13/h6-8H,1-5,10H2,(H2,11,13). The highest BCUT2D eigenvalue weighted by atomic mass is 16.1. The van der Waals surface area contributed by atoms with Gasteiger partial charge in [0, 0.05) is 18.6 Å². The maximum Gasteiger partial charge on any atom is 0.223 e. The van der Waals surface area contributed by atoms with Gasteiger partial charge in [0.25, 0.3) is 0 Å². The lowest BCUT2D eigenvalue weighted by atomic mass is 9.92. The van der Waals surface area contributed by atoms with Gasteiger partial charge >= 0.3 is 0 Å². The van der Waals surface area contributed by atoms with Crippen LogP contribution in [0.1, 0.15) is 19.3 Å². The fourth-order valence-corrected chi connectivity index (χ4v) is 2.07. The highest BCUT2D eigenvalue weighted by molar-refractivity contribution is 5.77. The summed E-state index contributed by atoms with van der Waals surface area (Å²) in [5.41, 5.74) is 11.1. The summed E-state index contributed by atoms with van der Waals surface area (Å²) in [7, 11) is 0. The molecule has 1 saturated carbocycles. The molecule has 2 unspecified atom stereocenters. The van der Waals surface area contributed by atoms with Crippen LogP contribution in [-0.2, 0) is 4.79 Å². The van der Waals surface area contributed by atoms with Gasteiger partial charge in [0.15, 0.2) is 0 Å². The van der Waals surface area contributed by atoms with E-state index >= 15 is 0 Å². The van der Waals surface area contributed by atoms with E-state index in [2.05, 4.69) is 4.90 Å². The van der Waals surface area contributed by atoms with Crippen molar-refractivity contribution in [1.82, 2.24) is 4.90 Å². The minimum absolute atomic E-state index is 0.0208. The number of carbonyl (C=O) groups excluding carboxylic acids is 1. The zero-order chi connectivity index (χ0) is 9.42. The third kappa shape index (κ3) is 1.84. The molecule has 0 aromatic carbocycles. The van der Waals surface area contributed by atoms with Gasteiger partial charge in [-0.15, -0.1) is 0 Å². The summed E-state index contributed by atoms with van der Waals surface area (Å²) in [5, 5.41) is 0. The Kier molecular flexibility index (Phi) is 2.26. The molecule has 4 N–H and O–H groups in total. The van der Waals surface area contributed by atoms with Gasteiger partial charge in [0.2, 0.25) is 5.91 Å². The number of nitrogens with two attached hydrogens (primary N) is 2. The van der Waals surface area contributed by atoms with E-state index in [0.717, 1.165) is 19.5 Å². The first kappa shape index (κ1) is 8.97. The summed E-state index contributed by atoms with van der Waals surface area (Å²) in [6.45, 7) is 1.82. The molecule has 2 rings (SSSR count). The minimum Gasteiger partial charge on any atom is -0.369 e. The first-order valence-corrected chi connectivity index (χ1v) is 4.97. The smallest absolute Gasteiger partial charge is 0.223 e. The quantitative estimate of drug-likeness (QED) is 0.593. The highest BCUT2D eigenvalue weighted by Gasteiger charge is 2.37. The Morgan fingerprint density at radius 2 is 2.00 bits per heavy atom. The maximum atomic E-state index is 11.1. The van der Waals surface area contributed by atoms with Gasteiger partial charge in [-0.3, -0.25) is 9.69 Å². The summed E-state index contributed by atoms with van der Waals surface area (Å²) < 4.78 is 0. The predicted molar refractivity (Wildman–Crippen MR) is 49.9 cm³/mol. The number of carbonyl (C=O) groups is 1. The van der Waals surface area contributed by atoms with Crippen molar-refractivity contribution >= 4 is 5.91 Å². The van der Waals surface area contributed by atoms with Crippen LogP contribution in [0.3, 0.4) is 0 Å². The Morgan fingerprint density at radius 3 is 2.54 bits per heavy atom. The minimum atomic E-state index is -0.238. The van der Waals surface area contributed by atoms with E-state index in [1.165, 1.54) is 12.8 Å². The first-order valence-electron chi connectivity index (χ1n) is 4.97. The molecule has 4 nitrogen and oxygen atoms in total. The van der Waals surface area contributed by atoms with Gasteiger partial charge in [-0.1, -0.05) is 0 Å². The zero-order valence-corrected chi connectivity index (χ0v) is 7.78. The van der Waals surface area contributed by atoms with E-state index in [1.54, 1.807) is 0 Å². The van der Waals surface area contributed by atoms with E-state index in [-0.39, 0.29) is 17.9 Å². The van der Waals surface area contributed by atoms with Crippen molar-refractivity contribution < 1.29 is 4.79 Å². The summed E-state index contributed by atoms with van der Waals surface area (Å²) in [6, 6.07) is 0.696. The number of primary amides is 1. The molecular formula is C9H17N3O. The summed E-state index contributed by atoms with van der Waals surface area (Å²) in [6.07, 6.45) is 3.46. The molecule has 1 heterocycles. The monoisotopic (exact) mass is 183 g/mol. The van der Waals surface area contributed by atoms with Crippen molar-refractivity contribution in [3.63, 3.8) is 0 Å². The lowest BCUT2D eigenvalue weighted by Crippen LogP contribution is -2.52. The van der Waals surface area contributed by atoms with Crippen LogP contribution < -0.4 is 11.5 Å². The van der Waals surface area contributed by atoms with Crippen LogP contribution in [0.5, 0.6) is 0 Å². The summed E-state index contributed by atoms with van der Waals surface area (Å²) in [5.74, 6) is -0.368. The van der Waals surface area contributed by atoms with Crippen molar-refractivity contribution in [3.05, 3.63) is 0 Å². The van der Waals surface area contributed by atoms with Gasteiger partial charge in [-0.2, -0.15) is 0 Å². The molecule has 0 aromatic rings. The van der Waals surface area contributed by atoms with Crippen LogP contribution in [0.2, 0.25) is 0 Å². The topological polar surface area (TPSA) is 72.4 Å². The highest BCUT2D eigenvalue weighted by Crippen LogP contribution is 2.30. The molecule has 1 amide bonds. The van der Waals surface area contributed by atoms with E-state index < -0.39 is 0 Å². The molecule has 0 radical (unpaired) electrons. The van der Waals surface area contributed by atoms with Gasteiger partial charge in [-0.05, 0) is 25.8 Å². The number of rotatable bonds is 2. The molecule has 4 heteroatoms. The molecule has 2 aliphatic rings. The van der Waals surface area contributed by atoms with E-state index in [1.807, 2.05) is 0 Å². The van der Waals surface area contributed by atoms with Crippen molar-refractivity contribution in [3.8, 4) is 0 Å². The maximum absolute atomic E-state index is 11.1. The molecule has 13 heavy (non-hydrogen) atoms. The van der Waals surface area contributed by atoms with Crippen molar-refractivity contribution in [2.45, 2.75) is 31.3 Å². The summed E-state index contributed by atoms with van der Waals surface area (Å²) in [4.78, 5) is 13.4. The largest absolute Gasteiger partial charge is 0.369 e. The van der Waals surface area contributed by atoms with Gasteiger partial charge in [-0.25, -0.2) is 0 Å². The number of hydrogen-bond acceptors (Lipinski definition) is 3. The molecule has 0 aromatic heterocycles. The second-order valence-electron chi connectivity index (χ2n) is 4.19. The van der Waals surface area contributed by atoms with Crippen LogP contribution in [0.4, 0.5) is 0 Å². The van der Waals surface area contributed by atoms with Gasteiger partial charge in [0.05, 0.1) is 5.92 Å². The average molecular weight is 183 g/mol. The lowest BCUT2D eigenvalue weighted by molar-refractivity contribution is -0.124. The number of nitrogens with zero attached hydrogens (tertiary/aromatic N) is 1. The first-order chi connectivity index (χ1) is 6.18. The Hall–Kier alpha value is -0.610. The average Bonchev–Trinajstić information content (AvgIpc) is 2.87. The molecule has 1 aliphatic carbocycles. The second-order valence-corrected chi connectivity index (χ2v) is 4.19. The van der Waals surface area contributed by atoms with Crippen LogP contribution in [0.25, 0.3) is 0 Å². The fraction of sp³-hybridized carbons (Fsp3) is 0.889. The normalized spacial score (nSPS) is 36.1. The van der Waals surface area contributed by atoms with Gasteiger partial charge < -0.3 is 11.5 Å².